The summed E-state index contributed by atoms with van der Waals surface area (Å²) in [5, 5.41) is 1.76. The predicted octanol–water partition coefficient (Wildman–Crippen LogP) is 4.08. The van der Waals surface area contributed by atoms with Gasteiger partial charge in [-0.3, -0.25) is 4.98 Å². The van der Waals surface area contributed by atoms with Gasteiger partial charge in [-0.25, -0.2) is 0 Å². The molecule has 2 unspecified atom stereocenters. The van der Waals surface area contributed by atoms with E-state index >= 15 is 0 Å². The largest absolute Gasteiger partial charge is 0.398 e. The monoisotopic (exact) mass is 270 g/mol. The van der Waals surface area contributed by atoms with Gasteiger partial charge in [-0.1, -0.05) is 23.8 Å². The predicted molar refractivity (Wildman–Crippen MR) is 79.5 cm³/mol. The van der Waals surface area contributed by atoms with Crippen molar-refractivity contribution < 1.29 is 0 Å². The zero-order chi connectivity index (χ0) is 13.0. The summed E-state index contributed by atoms with van der Waals surface area (Å²) >= 11 is 6.06. The van der Waals surface area contributed by atoms with Crippen LogP contribution in [0.1, 0.15) is 30.0 Å². The van der Waals surface area contributed by atoms with E-state index in [0.29, 0.717) is 11.8 Å². The SMILES string of the molecule is Nc1c2c(nc3cc(Cl)ccc13)CC1C=CCC2C1. The summed E-state index contributed by atoms with van der Waals surface area (Å²) in [5.41, 5.74) is 10.7. The lowest BCUT2D eigenvalue weighted by atomic mass is 9.73. The average Bonchev–Trinajstić information content (AvgIpc) is 2.38. The van der Waals surface area contributed by atoms with Crippen molar-refractivity contribution in [2.24, 2.45) is 5.92 Å². The van der Waals surface area contributed by atoms with Crippen molar-refractivity contribution in [3.8, 4) is 0 Å². The van der Waals surface area contributed by atoms with Crippen LogP contribution < -0.4 is 5.73 Å². The lowest BCUT2D eigenvalue weighted by molar-refractivity contribution is 0.444. The van der Waals surface area contributed by atoms with Gasteiger partial charge in [0.05, 0.1) is 5.52 Å². The molecule has 1 aromatic carbocycles. The third-order valence-electron chi connectivity index (χ3n) is 4.39. The highest BCUT2D eigenvalue weighted by molar-refractivity contribution is 6.31. The Labute approximate surface area is 117 Å². The molecule has 1 heterocycles. The van der Waals surface area contributed by atoms with Crippen LogP contribution in [0.2, 0.25) is 5.02 Å². The second kappa shape index (κ2) is 3.97. The standard InChI is InChI=1S/C16H15ClN2/c17-11-4-5-12-13(8-11)19-14-7-9-2-1-3-10(6-9)15(14)16(12)18/h1-2,4-5,8-10H,3,6-7H2,(H2,18,19). The van der Waals surface area contributed by atoms with Gasteiger partial charge in [-0.2, -0.15) is 0 Å². The number of aromatic nitrogens is 1. The van der Waals surface area contributed by atoms with Gasteiger partial charge in [0.15, 0.2) is 0 Å². The number of hydrogen-bond acceptors (Lipinski definition) is 2. The Hall–Kier alpha value is -1.54. The van der Waals surface area contributed by atoms with Gasteiger partial charge in [-0.15, -0.1) is 0 Å². The van der Waals surface area contributed by atoms with Crippen LogP contribution in [0.15, 0.2) is 30.4 Å². The summed E-state index contributed by atoms with van der Waals surface area (Å²) in [6.45, 7) is 0. The molecule has 4 rings (SSSR count). The third-order valence-corrected chi connectivity index (χ3v) is 4.62. The maximum absolute atomic E-state index is 6.42. The van der Waals surface area contributed by atoms with E-state index in [1.54, 1.807) is 0 Å². The van der Waals surface area contributed by atoms with Crippen LogP contribution >= 0.6 is 11.6 Å². The molecule has 0 saturated heterocycles. The molecule has 2 N–H and O–H groups in total. The van der Waals surface area contributed by atoms with Crippen molar-refractivity contribution in [1.29, 1.82) is 0 Å². The second-order valence-electron chi connectivity index (χ2n) is 5.61. The molecule has 2 bridgehead atoms. The zero-order valence-corrected chi connectivity index (χ0v) is 11.3. The molecule has 0 amide bonds. The minimum absolute atomic E-state index is 0.548. The van der Waals surface area contributed by atoms with Crippen LogP contribution in [0.5, 0.6) is 0 Å². The molecule has 19 heavy (non-hydrogen) atoms. The van der Waals surface area contributed by atoms with E-state index in [-0.39, 0.29) is 0 Å². The number of anilines is 1. The minimum atomic E-state index is 0.548. The molecule has 96 valence electrons. The number of fused-ring (bicyclic) bond motifs is 5. The molecule has 0 spiro atoms. The van der Waals surface area contributed by atoms with Crippen LogP contribution in [0.4, 0.5) is 5.69 Å². The molecule has 2 nitrogen and oxygen atoms in total. The molecule has 2 aliphatic carbocycles. The first kappa shape index (κ1) is 11.3. The minimum Gasteiger partial charge on any atom is -0.398 e. The summed E-state index contributed by atoms with van der Waals surface area (Å²) in [5.74, 6) is 1.18. The number of rotatable bonds is 0. The van der Waals surface area contributed by atoms with Gasteiger partial charge in [0, 0.05) is 27.4 Å². The number of nitrogens with zero attached hydrogens (tertiary/aromatic N) is 1. The third kappa shape index (κ3) is 1.67. The first-order valence-corrected chi connectivity index (χ1v) is 7.14. The first-order chi connectivity index (χ1) is 9.22. The van der Waals surface area contributed by atoms with Crippen LogP contribution in [-0.2, 0) is 6.42 Å². The Morgan fingerprint density at radius 2 is 2.21 bits per heavy atom. The number of allylic oxidation sites excluding steroid dienone is 2. The molecular formula is C16H15ClN2. The normalized spacial score (nSPS) is 24.5. The summed E-state index contributed by atoms with van der Waals surface area (Å²) in [6.07, 6.45) is 7.95. The number of nitrogen functional groups attached to an aromatic ring is 1. The van der Waals surface area contributed by atoms with Gasteiger partial charge in [0.1, 0.15) is 0 Å². The van der Waals surface area contributed by atoms with E-state index in [1.165, 1.54) is 17.7 Å². The van der Waals surface area contributed by atoms with E-state index in [9.17, 15) is 0 Å². The van der Waals surface area contributed by atoms with Gasteiger partial charge in [0.25, 0.3) is 0 Å². The molecule has 2 aliphatic rings. The van der Waals surface area contributed by atoms with Crippen molar-refractivity contribution in [1.82, 2.24) is 4.98 Å². The fraction of sp³-hybridized carbons (Fsp3) is 0.312. The zero-order valence-electron chi connectivity index (χ0n) is 10.6. The number of benzene rings is 1. The lowest BCUT2D eigenvalue weighted by Gasteiger charge is -2.33. The van der Waals surface area contributed by atoms with Crippen molar-refractivity contribution >= 4 is 28.2 Å². The number of hydrogen-bond donors (Lipinski definition) is 1. The molecule has 0 radical (unpaired) electrons. The van der Waals surface area contributed by atoms with E-state index in [4.69, 9.17) is 22.3 Å². The van der Waals surface area contributed by atoms with Gasteiger partial charge >= 0.3 is 0 Å². The quantitative estimate of drug-likeness (QED) is 0.733. The van der Waals surface area contributed by atoms with Crippen molar-refractivity contribution in [2.75, 3.05) is 5.73 Å². The second-order valence-corrected chi connectivity index (χ2v) is 6.04. The molecular weight excluding hydrogens is 256 g/mol. The Morgan fingerprint density at radius 1 is 1.32 bits per heavy atom. The topological polar surface area (TPSA) is 38.9 Å². The molecule has 2 atom stereocenters. The van der Waals surface area contributed by atoms with Gasteiger partial charge in [-0.05, 0) is 49.3 Å². The highest BCUT2D eigenvalue weighted by Crippen LogP contribution is 2.44. The van der Waals surface area contributed by atoms with E-state index in [0.717, 1.165) is 34.5 Å². The summed E-state index contributed by atoms with van der Waals surface area (Å²) in [6, 6.07) is 5.79. The number of pyridine rings is 1. The van der Waals surface area contributed by atoms with E-state index in [1.807, 2.05) is 18.2 Å². The highest BCUT2D eigenvalue weighted by atomic mass is 35.5. The smallest absolute Gasteiger partial charge is 0.0741 e. The van der Waals surface area contributed by atoms with E-state index in [2.05, 4.69) is 12.2 Å². The number of halogens is 1. The molecule has 0 saturated carbocycles. The molecule has 0 fully saturated rings. The van der Waals surface area contributed by atoms with Gasteiger partial charge < -0.3 is 5.73 Å². The summed E-state index contributed by atoms with van der Waals surface area (Å²) < 4.78 is 0. The van der Waals surface area contributed by atoms with Crippen molar-refractivity contribution in [2.45, 2.75) is 25.2 Å². The Morgan fingerprint density at radius 3 is 3.11 bits per heavy atom. The molecule has 2 aromatic rings. The Balaban J connectivity index is 2.01. The fourth-order valence-electron chi connectivity index (χ4n) is 3.55. The van der Waals surface area contributed by atoms with Gasteiger partial charge in [0.2, 0.25) is 0 Å². The molecule has 0 aliphatic heterocycles. The van der Waals surface area contributed by atoms with Crippen LogP contribution in [0.25, 0.3) is 10.9 Å². The first-order valence-electron chi connectivity index (χ1n) is 6.76. The van der Waals surface area contributed by atoms with Crippen LogP contribution in [-0.4, -0.2) is 4.98 Å². The maximum Gasteiger partial charge on any atom is 0.0741 e. The van der Waals surface area contributed by atoms with Crippen LogP contribution in [0, 0.1) is 5.92 Å². The summed E-state index contributed by atoms with van der Waals surface area (Å²) in [7, 11) is 0. The fourth-order valence-corrected chi connectivity index (χ4v) is 3.72. The molecule has 3 heteroatoms. The van der Waals surface area contributed by atoms with Crippen molar-refractivity contribution in [3.63, 3.8) is 0 Å². The van der Waals surface area contributed by atoms with E-state index < -0.39 is 0 Å². The van der Waals surface area contributed by atoms with Crippen molar-refractivity contribution in [3.05, 3.63) is 46.6 Å². The maximum atomic E-state index is 6.42. The average molecular weight is 271 g/mol. The van der Waals surface area contributed by atoms with Crippen LogP contribution in [0.3, 0.4) is 0 Å². The summed E-state index contributed by atoms with van der Waals surface area (Å²) in [4.78, 5) is 4.82. The molecule has 1 aromatic heterocycles. The Kier molecular flexibility index (Phi) is 2.36. The highest BCUT2D eigenvalue weighted by Gasteiger charge is 2.31. The number of nitrogens with two attached hydrogens (primary N) is 1. The Bertz CT molecular complexity index is 705. The lowest BCUT2D eigenvalue weighted by Crippen LogP contribution is -2.22.